The molecule has 0 spiro atoms. The summed E-state index contributed by atoms with van der Waals surface area (Å²) in [6, 6.07) is 10.00. The second-order valence-electron chi connectivity index (χ2n) is 8.19. The van der Waals surface area contributed by atoms with E-state index in [1.807, 2.05) is 0 Å². The Morgan fingerprint density at radius 2 is 1.74 bits per heavy atom. The zero-order chi connectivity index (χ0) is 24.5. The molecule has 4 rings (SSSR count). The van der Waals surface area contributed by atoms with E-state index in [4.69, 9.17) is 11.6 Å². The van der Waals surface area contributed by atoms with Gasteiger partial charge in [-0.2, -0.15) is 0 Å². The maximum absolute atomic E-state index is 13.0. The number of rotatable bonds is 5. The van der Waals surface area contributed by atoms with E-state index in [0.717, 1.165) is 16.1 Å². The third-order valence-electron chi connectivity index (χ3n) is 5.99. The van der Waals surface area contributed by atoms with E-state index in [1.165, 1.54) is 7.05 Å². The second-order valence-corrected chi connectivity index (χ2v) is 10.6. The first-order valence-corrected chi connectivity index (χ1v) is 12.9. The van der Waals surface area contributed by atoms with Gasteiger partial charge in [-0.25, -0.2) is 13.4 Å². The highest BCUT2D eigenvalue weighted by atomic mass is 35.5. The molecule has 178 valence electrons. The van der Waals surface area contributed by atoms with Crippen LogP contribution in [0.25, 0.3) is 11.4 Å². The number of H-pyrrole nitrogens is 1. The Kier molecular flexibility index (Phi) is 6.72. The molecule has 1 N–H and O–H groups in total. The first-order chi connectivity index (χ1) is 16.1. The minimum Gasteiger partial charge on any atom is -0.339 e. The highest BCUT2D eigenvalue weighted by molar-refractivity contribution is 7.92. The van der Waals surface area contributed by atoms with E-state index >= 15 is 0 Å². The normalized spacial score (nSPS) is 14.7. The smallest absolute Gasteiger partial charge is 0.270 e. The van der Waals surface area contributed by atoms with Crippen LogP contribution in [0.15, 0.2) is 53.6 Å². The predicted molar refractivity (Wildman–Crippen MR) is 131 cm³/mol. The van der Waals surface area contributed by atoms with Crippen LogP contribution in [-0.4, -0.2) is 60.6 Å². The van der Waals surface area contributed by atoms with Crippen LogP contribution in [0.4, 0.5) is 5.69 Å². The average Bonchev–Trinajstić information content (AvgIpc) is 2.85. The van der Waals surface area contributed by atoms with Gasteiger partial charge in [0.15, 0.2) is 0 Å². The predicted octanol–water partition coefficient (Wildman–Crippen LogP) is 2.90. The van der Waals surface area contributed by atoms with Crippen molar-refractivity contribution in [2.45, 2.75) is 18.8 Å². The first kappa shape index (κ1) is 23.9. The number of pyridine rings is 1. The summed E-state index contributed by atoms with van der Waals surface area (Å²) >= 11 is 6.31. The van der Waals surface area contributed by atoms with Crippen molar-refractivity contribution in [2.24, 2.45) is 0 Å². The molecule has 34 heavy (non-hydrogen) atoms. The van der Waals surface area contributed by atoms with Crippen LogP contribution in [0.1, 0.15) is 34.8 Å². The Bertz CT molecular complexity index is 1350. The lowest BCUT2D eigenvalue weighted by molar-refractivity contribution is 0.0712. The zero-order valence-electron chi connectivity index (χ0n) is 18.7. The van der Waals surface area contributed by atoms with Gasteiger partial charge in [0.05, 0.1) is 17.6 Å². The highest BCUT2D eigenvalue weighted by Gasteiger charge is 2.28. The van der Waals surface area contributed by atoms with Crippen molar-refractivity contribution >= 4 is 33.2 Å². The first-order valence-electron chi connectivity index (χ1n) is 10.7. The van der Waals surface area contributed by atoms with E-state index in [9.17, 15) is 18.0 Å². The lowest BCUT2D eigenvalue weighted by Crippen LogP contribution is -2.38. The number of hydrogen-bond donors (Lipinski definition) is 1. The van der Waals surface area contributed by atoms with Crippen molar-refractivity contribution in [3.63, 3.8) is 0 Å². The van der Waals surface area contributed by atoms with Gasteiger partial charge in [-0.05, 0) is 49.2 Å². The summed E-state index contributed by atoms with van der Waals surface area (Å²) in [4.78, 5) is 38.5. The molecule has 0 bridgehead atoms. The summed E-state index contributed by atoms with van der Waals surface area (Å²) in [7, 11) is -1.91. The number of anilines is 1. The molecule has 2 aromatic heterocycles. The van der Waals surface area contributed by atoms with Crippen molar-refractivity contribution in [1.29, 1.82) is 0 Å². The fourth-order valence-electron chi connectivity index (χ4n) is 3.94. The molecule has 1 aliphatic heterocycles. The number of aromatic amines is 1. The standard InChI is InChI=1S/C23H24ClN5O4S/c1-28(34(2,32)33)18-5-3-17(4-6-18)23(31)29-13-9-15(10-14-29)20-19(24)22(30)27-21(26-20)16-7-11-25-12-8-16/h3-8,11-12,15H,9-10,13-14H2,1-2H3,(H,26,27,30). The molecular formula is C23H24ClN5O4S. The molecule has 0 radical (unpaired) electrons. The molecule has 3 heterocycles. The molecule has 1 amide bonds. The van der Waals surface area contributed by atoms with Crippen molar-refractivity contribution < 1.29 is 13.2 Å². The number of halogens is 1. The summed E-state index contributed by atoms with van der Waals surface area (Å²) in [6.07, 6.45) is 5.61. The Morgan fingerprint density at radius 3 is 2.32 bits per heavy atom. The highest BCUT2D eigenvalue weighted by Crippen LogP contribution is 2.31. The van der Waals surface area contributed by atoms with Crippen LogP contribution >= 0.6 is 11.6 Å². The Labute approximate surface area is 202 Å². The van der Waals surface area contributed by atoms with E-state index in [1.54, 1.807) is 53.7 Å². The fourth-order valence-corrected chi connectivity index (χ4v) is 4.69. The quantitative estimate of drug-likeness (QED) is 0.574. The second kappa shape index (κ2) is 9.55. The zero-order valence-corrected chi connectivity index (χ0v) is 20.3. The van der Waals surface area contributed by atoms with Crippen LogP contribution in [0, 0.1) is 0 Å². The number of likely N-dealkylation sites (tertiary alicyclic amines) is 1. The summed E-state index contributed by atoms with van der Waals surface area (Å²) in [5, 5.41) is 0.0770. The van der Waals surface area contributed by atoms with Crippen LogP contribution in [-0.2, 0) is 10.0 Å². The van der Waals surface area contributed by atoms with Gasteiger partial charge < -0.3 is 9.88 Å². The topological polar surface area (TPSA) is 116 Å². The molecule has 0 saturated carbocycles. The molecule has 3 aromatic rings. The molecule has 0 atom stereocenters. The van der Waals surface area contributed by atoms with E-state index < -0.39 is 15.6 Å². The van der Waals surface area contributed by atoms with Gasteiger partial charge in [-0.1, -0.05) is 11.6 Å². The van der Waals surface area contributed by atoms with Crippen molar-refractivity contribution in [1.82, 2.24) is 19.9 Å². The maximum atomic E-state index is 13.0. The number of hydrogen-bond acceptors (Lipinski definition) is 6. The van der Waals surface area contributed by atoms with Crippen LogP contribution in [0.2, 0.25) is 5.02 Å². The third kappa shape index (κ3) is 4.97. The molecule has 1 fully saturated rings. The Morgan fingerprint density at radius 1 is 1.12 bits per heavy atom. The molecule has 9 nitrogen and oxygen atoms in total. The number of piperidine rings is 1. The molecule has 0 unspecified atom stereocenters. The van der Waals surface area contributed by atoms with Gasteiger partial charge >= 0.3 is 0 Å². The van der Waals surface area contributed by atoms with Gasteiger partial charge in [0.1, 0.15) is 10.8 Å². The van der Waals surface area contributed by atoms with Crippen LogP contribution in [0.3, 0.4) is 0 Å². The van der Waals surface area contributed by atoms with Gasteiger partial charge in [0.2, 0.25) is 10.0 Å². The summed E-state index contributed by atoms with van der Waals surface area (Å²) in [5.74, 6) is 0.254. The maximum Gasteiger partial charge on any atom is 0.270 e. The summed E-state index contributed by atoms with van der Waals surface area (Å²) in [6.45, 7) is 0.980. The minimum atomic E-state index is -3.38. The van der Waals surface area contributed by atoms with E-state index in [0.29, 0.717) is 48.7 Å². The number of amides is 1. The van der Waals surface area contributed by atoms with Gasteiger partial charge in [-0.15, -0.1) is 0 Å². The lowest BCUT2D eigenvalue weighted by Gasteiger charge is -2.32. The third-order valence-corrected chi connectivity index (χ3v) is 7.56. The lowest BCUT2D eigenvalue weighted by atomic mass is 9.92. The van der Waals surface area contributed by atoms with Crippen LogP contribution < -0.4 is 9.86 Å². The summed E-state index contributed by atoms with van der Waals surface area (Å²) in [5.41, 5.74) is 1.85. The van der Waals surface area contributed by atoms with Gasteiger partial charge in [0, 0.05) is 49.6 Å². The fraction of sp³-hybridized carbons (Fsp3) is 0.304. The van der Waals surface area contributed by atoms with E-state index in [2.05, 4.69) is 15.0 Å². The average molecular weight is 502 g/mol. The number of carbonyl (C=O) groups is 1. The van der Waals surface area contributed by atoms with Crippen molar-refractivity contribution in [2.75, 3.05) is 30.7 Å². The number of nitrogens with one attached hydrogen (secondary N) is 1. The van der Waals surface area contributed by atoms with E-state index in [-0.39, 0.29) is 16.8 Å². The molecule has 1 aliphatic rings. The SMILES string of the molecule is CN(c1ccc(C(=O)N2CCC(c3nc(-c4ccncc4)[nH]c(=O)c3Cl)CC2)cc1)S(C)(=O)=O. The molecular weight excluding hydrogens is 478 g/mol. The molecule has 1 aromatic carbocycles. The largest absolute Gasteiger partial charge is 0.339 e. The van der Waals surface area contributed by atoms with Gasteiger partial charge in [0.25, 0.3) is 11.5 Å². The molecule has 1 saturated heterocycles. The number of benzene rings is 1. The van der Waals surface area contributed by atoms with Crippen molar-refractivity contribution in [3.05, 3.63) is 75.4 Å². The van der Waals surface area contributed by atoms with Gasteiger partial charge in [-0.3, -0.25) is 18.9 Å². The Balaban J connectivity index is 1.47. The van der Waals surface area contributed by atoms with Crippen molar-refractivity contribution in [3.8, 4) is 11.4 Å². The summed E-state index contributed by atoms with van der Waals surface area (Å²) < 4.78 is 24.6. The number of nitrogens with zero attached hydrogens (tertiary/aromatic N) is 4. The number of sulfonamides is 1. The monoisotopic (exact) mass is 501 g/mol. The van der Waals surface area contributed by atoms with Crippen LogP contribution in [0.5, 0.6) is 0 Å². The molecule has 11 heteroatoms. The Hall–Kier alpha value is -3.24. The number of aromatic nitrogens is 3. The number of carbonyl (C=O) groups excluding carboxylic acids is 1. The molecule has 0 aliphatic carbocycles. The minimum absolute atomic E-state index is 0.0507.